The summed E-state index contributed by atoms with van der Waals surface area (Å²) in [5, 5.41) is 9.44. The molecule has 74 valence electrons. The van der Waals surface area contributed by atoms with Crippen LogP contribution in [0.25, 0.3) is 0 Å². The van der Waals surface area contributed by atoms with Gasteiger partial charge >= 0.3 is 0 Å². The van der Waals surface area contributed by atoms with Crippen molar-refractivity contribution < 1.29 is 9.50 Å². The molecular formula is C8H14FN3O. The molecule has 1 heterocycles. The number of aliphatic imine (C=N–C) groups is 1. The van der Waals surface area contributed by atoms with Crippen LogP contribution in [0.3, 0.4) is 0 Å². The van der Waals surface area contributed by atoms with Crippen LogP contribution in [0, 0.1) is 0 Å². The van der Waals surface area contributed by atoms with Crippen LogP contribution in [0.1, 0.15) is 20.8 Å². The Kier molecular flexibility index (Phi) is 2.30. The van der Waals surface area contributed by atoms with Crippen molar-refractivity contribution in [2.24, 2.45) is 10.7 Å². The van der Waals surface area contributed by atoms with E-state index in [0.717, 1.165) is 0 Å². The zero-order chi connectivity index (χ0) is 10.2. The van der Waals surface area contributed by atoms with Crippen LogP contribution < -0.4 is 5.73 Å². The number of aliphatic hydroxyl groups excluding tert-OH is 1. The molecule has 1 aliphatic heterocycles. The van der Waals surface area contributed by atoms with Gasteiger partial charge in [-0.2, -0.15) is 0 Å². The first-order valence-electron chi connectivity index (χ1n) is 4.00. The van der Waals surface area contributed by atoms with Gasteiger partial charge in [-0.25, -0.2) is 9.38 Å². The van der Waals surface area contributed by atoms with E-state index in [-0.39, 0.29) is 11.4 Å². The summed E-state index contributed by atoms with van der Waals surface area (Å²) >= 11 is 0. The van der Waals surface area contributed by atoms with Gasteiger partial charge in [-0.1, -0.05) is 0 Å². The molecule has 0 radical (unpaired) electrons. The number of hydrogen-bond acceptors (Lipinski definition) is 4. The lowest BCUT2D eigenvalue weighted by Gasteiger charge is -2.38. The van der Waals surface area contributed by atoms with Crippen LogP contribution in [-0.2, 0) is 0 Å². The van der Waals surface area contributed by atoms with E-state index in [0.29, 0.717) is 0 Å². The summed E-state index contributed by atoms with van der Waals surface area (Å²) in [6.45, 7) is 5.53. The molecule has 1 aliphatic rings. The summed E-state index contributed by atoms with van der Waals surface area (Å²) in [5.41, 5.74) is 4.81. The fourth-order valence-electron chi connectivity index (χ4n) is 1.04. The molecule has 0 aromatic heterocycles. The SMILES string of the molecule is CC(C)(C)N1C=C(F)C(N)=NC1O. The Morgan fingerprint density at radius 1 is 1.62 bits per heavy atom. The van der Waals surface area contributed by atoms with E-state index in [1.807, 2.05) is 20.8 Å². The van der Waals surface area contributed by atoms with Gasteiger partial charge < -0.3 is 15.7 Å². The fraction of sp³-hybridized carbons (Fsp3) is 0.625. The van der Waals surface area contributed by atoms with Crippen LogP contribution in [0.5, 0.6) is 0 Å². The second kappa shape index (κ2) is 2.99. The number of nitrogens with zero attached hydrogens (tertiary/aromatic N) is 2. The van der Waals surface area contributed by atoms with Gasteiger partial charge in [0.05, 0.1) is 0 Å². The molecule has 0 spiro atoms. The second-order valence-electron chi connectivity index (χ2n) is 3.92. The van der Waals surface area contributed by atoms with Gasteiger partial charge in [0.2, 0.25) is 6.35 Å². The molecule has 4 nitrogen and oxygen atoms in total. The Labute approximate surface area is 76.6 Å². The van der Waals surface area contributed by atoms with Crippen molar-refractivity contribution >= 4 is 5.84 Å². The van der Waals surface area contributed by atoms with E-state index >= 15 is 0 Å². The topological polar surface area (TPSA) is 61.8 Å². The van der Waals surface area contributed by atoms with Crippen molar-refractivity contribution in [1.82, 2.24) is 4.90 Å². The highest BCUT2D eigenvalue weighted by Gasteiger charge is 2.28. The van der Waals surface area contributed by atoms with Gasteiger partial charge in [-0.3, -0.25) is 0 Å². The number of hydrogen-bond donors (Lipinski definition) is 2. The molecule has 1 atom stereocenters. The maximum atomic E-state index is 13.0. The molecule has 1 unspecified atom stereocenters. The first kappa shape index (κ1) is 9.98. The summed E-state index contributed by atoms with van der Waals surface area (Å²) in [7, 11) is 0. The molecule has 1 rings (SSSR count). The fourth-order valence-corrected chi connectivity index (χ4v) is 1.04. The Morgan fingerprint density at radius 3 is 2.62 bits per heavy atom. The molecule has 0 saturated heterocycles. The van der Waals surface area contributed by atoms with E-state index in [9.17, 15) is 9.50 Å². The van der Waals surface area contributed by atoms with Crippen molar-refractivity contribution in [2.45, 2.75) is 32.7 Å². The van der Waals surface area contributed by atoms with Crippen molar-refractivity contribution in [3.05, 3.63) is 12.0 Å². The lowest BCUT2D eigenvalue weighted by molar-refractivity contribution is -0.0112. The molecule has 5 heteroatoms. The molecule has 0 saturated carbocycles. The number of amidine groups is 1. The zero-order valence-electron chi connectivity index (χ0n) is 7.95. The monoisotopic (exact) mass is 187 g/mol. The first-order valence-corrected chi connectivity index (χ1v) is 4.00. The third kappa shape index (κ3) is 1.98. The predicted octanol–water partition coefficient (Wildman–Crippen LogP) is 0.544. The molecule has 0 aromatic carbocycles. The smallest absolute Gasteiger partial charge is 0.227 e. The molecule has 13 heavy (non-hydrogen) atoms. The van der Waals surface area contributed by atoms with Crippen molar-refractivity contribution in [2.75, 3.05) is 0 Å². The molecule has 0 aliphatic carbocycles. The highest BCUT2D eigenvalue weighted by molar-refractivity contribution is 5.95. The van der Waals surface area contributed by atoms with Crippen molar-refractivity contribution in [3.8, 4) is 0 Å². The van der Waals surface area contributed by atoms with Crippen molar-refractivity contribution in [1.29, 1.82) is 0 Å². The Bertz CT molecular complexity index is 267. The normalized spacial score (nSPS) is 24.1. The minimum absolute atomic E-state index is 0.256. The third-order valence-corrected chi connectivity index (χ3v) is 1.78. The maximum absolute atomic E-state index is 13.0. The quantitative estimate of drug-likeness (QED) is 0.582. The number of halogens is 1. The Balaban J connectivity index is 2.94. The van der Waals surface area contributed by atoms with Crippen LogP contribution in [0.4, 0.5) is 4.39 Å². The number of nitrogens with two attached hydrogens (primary N) is 1. The summed E-state index contributed by atoms with van der Waals surface area (Å²) < 4.78 is 13.0. The average molecular weight is 187 g/mol. The number of rotatable bonds is 0. The minimum atomic E-state index is -1.10. The largest absolute Gasteiger partial charge is 0.381 e. The van der Waals surface area contributed by atoms with Crippen LogP contribution in [0.15, 0.2) is 17.0 Å². The molecule has 0 amide bonds. The Morgan fingerprint density at radius 2 is 2.15 bits per heavy atom. The summed E-state index contributed by atoms with van der Waals surface area (Å²) in [4.78, 5) is 4.95. The standard InChI is InChI=1S/C8H14FN3O/c1-8(2,3)12-4-5(9)6(10)11-7(12)13/h4,7,13H,1-3H3,(H2,10,11). The van der Waals surface area contributed by atoms with Gasteiger partial charge in [0.1, 0.15) is 0 Å². The summed E-state index contributed by atoms with van der Waals surface area (Å²) in [5.74, 6) is -0.867. The van der Waals surface area contributed by atoms with Crippen molar-refractivity contribution in [3.63, 3.8) is 0 Å². The Hall–Kier alpha value is -1.10. The summed E-state index contributed by atoms with van der Waals surface area (Å²) in [6.07, 6.45) is 0.0759. The van der Waals surface area contributed by atoms with E-state index in [2.05, 4.69) is 4.99 Å². The molecule has 0 aromatic rings. The lowest BCUT2D eigenvalue weighted by Crippen LogP contribution is -2.46. The first-order chi connectivity index (χ1) is 5.82. The lowest BCUT2D eigenvalue weighted by atomic mass is 10.1. The highest BCUT2D eigenvalue weighted by atomic mass is 19.1. The van der Waals surface area contributed by atoms with Gasteiger partial charge in [0.25, 0.3) is 0 Å². The zero-order valence-corrected chi connectivity index (χ0v) is 7.95. The maximum Gasteiger partial charge on any atom is 0.227 e. The van der Waals surface area contributed by atoms with Gasteiger partial charge in [0.15, 0.2) is 11.7 Å². The predicted molar refractivity (Wildman–Crippen MR) is 48.4 cm³/mol. The van der Waals surface area contributed by atoms with E-state index in [4.69, 9.17) is 5.73 Å². The van der Waals surface area contributed by atoms with Crippen LogP contribution in [-0.4, -0.2) is 27.7 Å². The van der Waals surface area contributed by atoms with Gasteiger partial charge in [0, 0.05) is 11.7 Å². The third-order valence-electron chi connectivity index (χ3n) is 1.78. The number of aliphatic hydroxyl groups is 1. The van der Waals surface area contributed by atoms with Crippen LogP contribution >= 0.6 is 0 Å². The second-order valence-corrected chi connectivity index (χ2v) is 3.92. The van der Waals surface area contributed by atoms with Crippen LogP contribution in [0.2, 0.25) is 0 Å². The van der Waals surface area contributed by atoms with Gasteiger partial charge in [-0.05, 0) is 20.8 Å². The molecule has 3 N–H and O–H groups in total. The van der Waals surface area contributed by atoms with Gasteiger partial charge in [-0.15, -0.1) is 0 Å². The minimum Gasteiger partial charge on any atom is -0.381 e. The molecule has 0 fully saturated rings. The summed E-state index contributed by atoms with van der Waals surface area (Å²) in [6, 6.07) is 0. The average Bonchev–Trinajstić information content (AvgIpc) is 1.94. The molecule has 0 bridgehead atoms. The molecular weight excluding hydrogens is 173 g/mol. The van der Waals surface area contributed by atoms with E-state index in [1.165, 1.54) is 11.1 Å². The van der Waals surface area contributed by atoms with E-state index < -0.39 is 12.2 Å². The van der Waals surface area contributed by atoms with E-state index in [1.54, 1.807) is 0 Å². The highest BCUT2D eigenvalue weighted by Crippen LogP contribution is 2.22.